The van der Waals surface area contributed by atoms with Crippen molar-refractivity contribution in [1.82, 2.24) is 5.43 Å². The lowest BCUT2D eigenvalue weighted by molar-refractivity contribution is -0.199. The summed E-state index contributed by atoms with van der Waals surface area (Å²) in [7, 11) is 0. The van der Waals surface area contributed by atoms with Crippen molar-refractivity contribution in [3.05, 3.63) is 0 Å². The largest absolute Gasteiger partial charge is 0.392 e. The summed E-state index contributed by atoms with van der Waals surface area (Å²) in [5, 5.41) is 0. The zero-order valence-electron chi connectivity index (χ0n) is 13.4. The zero-order chi connectivity index (χ0) is 15.9. The SMILES string of the molecule is CCCCC(CC)CC(NN)C1CCCCC1C(F)(F)F. The molecule has 21 heavy (non-hydrogen) atoms. The van der Waals surface area contributed by atoms with E-state index < -0.39 is 12.1 Å². The molecule has 0 aromatic heterocycles. The van der Waals surface area contributed by atoms with Crippen LogP contribution in [-0.2, 0) is 0 Å². The fourth-order valence-corrected chi connectivity index (χ4v) is 3.75. The van der Waals surface area contributed by atoms with Crippen molar-refractivity contribution in [2.45, 2.75) is 83.9 Å². The summed E-state index contributed by atoms with van der Waals surface area (Å²) in [4.78, 5) is 0. The standard InChI is InChI=1S/C16H31F3N2/c1-3-5-8-12(4-2)11-15(21-20)13-9-6-7-10-14(13)16(17,18)19/h12-15,21H,3-11,20H2,1-2H3. The molecule has 0 aliphatic heterocycles. The average molecular weight is 308 g/mol. The third kappa shape index (κ3) is 5.78. The number of hydrogen-bond donors (Lipinski definition) is 2. The summed E-state index contributed by atoms with van der Waals surface area (Å²) in [6, 6.07) is -0.210. The number of unbranched alkanes of at least 4 members (excludes halogenated alkanes) is 1. The van der Waals surface area contributed by atoms with Crippen LogP contribution in [0.1, 0.15) is 71.6 Å². The maximum absolute atomic E-state index is 13.2. The van der Waals surface area contributed by atoms with E-state index in [2.05, 4.69) is 19.3 Å². The molecule has 0 heterocycles. The average Bonchev–Trinajstić information content (AvgIpc) is 2.47. The number of alkyl halides is 3. The van der Waals surface area contributed by atoms with E-state index in [1.807, 2.05) is 0 Å². The molecule has 1 aliphatic rings. The third-order valence-electron chi connectivity index (χ3n) is 5.10. The third-order valence-corrected chi connectivity index (χ3v) is 5.10. The first-order valence-electron chi connectivity index (χ1n) is 8.46. The van der Waals surface area contributed by atoms with Crippen molar-refractivity contribution in [3.8, 4) is 0 Å². The first-order valence-corrected chi connectivity index (χ1v) is 8.46. The van der Waals surface area contributed by atoms with Crippen molar-refractivity contribution in [2.24, 2.45) is 23.6 Å². The monoisotopic (exact) mass is 308 g/mol. The minimum absolute atomic E-state index is 0.210. The Morgan fingerprint density at radius 2 is 1.86 bits per heavy atom. The summed E-state index contributed by atoms with van der Waals surface area (Å²) < 4.78 is 39.7. The molecule has 1 aliphatic carbocycles. The number of hydrazine groups is 1. The van der Waals surface area contributed by atoms with Crippen LogP contribution in [0.15, 0.2) is 0 Å². The Balaban J connectivity index is 2.71. The molecule has 0 saturated heterocycles. The lowest BCUT2D eigenvalue weighted by Gasteiger charge is -2.39. The lowest BCUT2D eigenvalue weighted by atomic mass is 9.72. The molecule has 4 atom stereocenters. The van der Waals surface area contributed by atoms with Crippen LogP contribution >= 0.6 is 0 Å². The van der Waals surface area contributed by atoms with Crippen molar-refractivity contribution in [3.63, 3.8) is 0 Å². The molecule has 5 heteroatoms. The van der Waals surface area contributed by atoms with E-state index in [-0.39, 0.29) is 18.4 Å². The van der Waals surface area contributed by atoms with E-state index in [1.165, 1.54) is 0 Å². The first-order chi connectivity index (χ1) is 9.93. The normalized spacial score (nSPS) is 26.6. The van der Waals surface area contributed by atoms with Gasteiger partial charge in [-0.25, -0.2) is 0 Å². The molecule has 1 fully saturated rings. The van der Waals surface area contributed by atoms with Crippen LogP contribution in [0.3, 0.4) is 0 Å². The van der Waals surface area contributed by atoms with E-state index in [0.29, 0.717) is 18.8 Å². The van der Waals surface area contributed by atoms with Gasteiger partial charge in [-0.1, -0.05) is 52.4 Å². The van der Waals surface area contributed by atoms with E-state index in [0.717, 1.165) is 38.5 Å². The number of nitrogens with two attached hydrogens (primary N) is 1. The van der Waals surface area contributed by atoms with Gasteiger partial charge in [-0.2, -0.15) is 13.2 Å². The van der Waals surface area contributed by atoms with E-state index >= 15 is 0 Å². The molecule has 0 aromatic rings. The molecular formula is C16H31F3N2. The first kappa shape index (κ1) is 18.8. The predicted octanol–water partition coefficient (Wildman–Crippen LogP) is 4.79. The summed E-state index contributed by atoms with van der Waals surface area (Å²) in [5.74, 6) is 4.55. The quantitative estimate of drug-likeness (QED) is 0.499. The van der Waals surface area contributed by atoms with Gasteiger partial charge in [-0.3, -0.25) is 11.3 Å². The smallest absolute Gasteiger partial charge is 0.271 e. The molecule has 0 aromatic carbocycles. The molecule has 1 saturated carbocycles. The highest BCUT2D eigenvalue weighted by molar-refractivity contribution is 4.88. The second-order valence-corrected chi connectivity index (χ2v) is 6.52. The Bertz CT molecular complexity index is 281. The lowest BCUT2D eigenvalue weighted by Crippen LogP contribution is -2.49. The fourth-order valence-electron chi connectivity index (χ4n) is 3.75. The zero-order valence-corrected chi connectivity index (χ0v) is 13.4. The number of halogens is 3. The Labute approximate surface area is 127 Å². The molecular weight excluding hydrogens is 277 g/mol. The van der Waals surface area contributed by atoms with Crippen LogP contribution in [0.5, 0.6) is 0 Å². The van der Waals surface area contributed by atoms with Crippen LogP contribution in [0.4, 0.5) is 13.2 Å². The number of nitrogens with one attached hydrogen (secondary N) is 1. The second kappa shape index (κ2) is 8.99. The molecule has 0 amide bonds. The maximum atomic E-state index is 13.2. The minimum Gasteiger partial charge on any atom is -0.271 e. The van der Waals surface area contributed by atoms with Crippen molar-refractivity contribution in [2.75, 3.05) is 0 Å². The summed E-state index contributed by atoms with van der Waals surface area (Å²) in [6.07, 6.45) is 3.54. The molecule has 126 valence electrons. The van der Waals surface area contributed by atoms with Gasteiger partial charge in [-0.15, -0.1) is 0 Å². The van der Waals surface area contributed by atoms with Crippen molar-refractivity contribution >= 4 is 0 Å². The molecule has 3 N–H and O–H groups in total. The van der Waals surface area contributed by atoms with Gasteiger partial charge in [0.2, 0.25) is 0 Å². The molecule has 0 radical (unpaired) electrons. The highest BCUT2D eigenvalue weighted by Gasteiger charge is 2.47. The fraction of sp³-hybridized carbons (Fsp3) is 1.00. The van der Waals surface area contributed by atoms with Gasteiger partial charge in [0, 0.05) is 6.04 Å². The van der Waals surface area contributed by atoms with Crippen LogP contribution in [0, 0.1) is 17.8 Å². The number of hydrogen-bond acceptors (Lipinski definition) is 2. The predicted molar refractivity (Wildman–Crippen MR) is 80.5 cm³/mol. The van der Waals surface area contributed by atoms with Gasteiger partial charge < -0.3 is 0 Å². The van der Waals surface area contributed by atoms with E-state index in [1.54, 1.807) is 0 Å². The van der Waals surface area contributed by atoms with Crippen molar-refractivity contribution < 1.29 is 13.2 Å². The topological polar surface area (TPSA) is 38.0 Å². The highest BCUT2D eigenvalue weighted by Crippen LogP contribution is 2.44. The Morgan fingerprint density at radius 1 is 1.19 bits per heavy atom. The maximum Gasteiger partial charge on any atom is 0.392 e. The highest BCUT2D eigenvalue weighted by atomic mass is 19.4. The van der Waals surface area contributed by atoms with Crippen LogP contribution in [0.2, 0.25) is 0 Å². The van der Waals surface area contributed by atoms with Gasteiger partial charge in [0.1, 0.15) is 0 Å². The Kier molecular flexibility index (Phi) is 8.03. The van der Waals surface area contributed by atoms with Gasteiger partial charge in [0.05, 0.1) is 5.92 Å². The summed E-state index contributed by atoms with van der Waals surface area (Å²) in [5.41, 5.74) is 2.72. The van der Waals surface area contributed by atoms with Crippen molar-refractivity contribution in [1.29, 1.82) is 0 Å². The molecule has 0 spiro atoms. The molecule has 2 nitrogen and oxygen atoms in total. The van der Waals surface area contributed by atoms with Crippen LogP contribution in [-0.4, -0.2) is 12.2 Å². The molecule has 0 bridgehead atoms. The minimum atomic E-state index is -4.09. The van der Waals surface area contributed by atoms with Crippen LogP contribution in [0.25, 0.3) is 0 Å². The summed E-state index contributed by atoms with van der Waals surface area (Å²) in [6.45, 7) is 4.27. The molecule has 1 rings (SSSR count). The van der Waals surface area contributed by atoms with E-state index in [9.17, 15) is 13.2 Å². The number of rotatable bonds is 8. The molecule has 4 unspecified atom stereocenters. The van der Waals surface area contributed by atoms with E-state index in [4.69, 9.17) is 5.84 Å². The van der Waals surface area contributed by atoms with Gasteiger partial charge >= 0.3 is 6.18 Å². The Morgan fingerprint density at radius 3 is 2.38 bits per heavy atom. The van der Waals surface area contributed by atoms with Gasteiger partial charge in [0.15, 0.2) is 0 Å². The second-order valence-electron chi connectivity index (χ2n) is 6.52. The summed E-state index contributed by atoms with van der Waals surface area (Å²) >= 11 is 0. The van der Waals surface area contributed by atoms with Gasteiger partial charge in [-0.05, 0) is 31.1 Å². The van der Waals surface area contributed by atoms with Crippen LogP contribution < -0.4 is 11.3 Å². The Hall–Kier alpha value is -0.290. The van der Waals surface area contributed by atoms with Gasteiger partial charge in [0.25, 0.3) is 0 Å².